The molecule has 118 valence electrons. The molecule has 0 unspecified atom stereocenters. The van der Waals surface area contributed by atoms with E-state index < -0.39 is 0 Å². The summed E-state index contributed by atoms with van der Waals surface area (Å²) >= 11 is 5.81. The topological polar surface area (TPSA) is 19.6 Å². The summed E-state index contributed by atoms with van der Waals surface area (Å²) in [5, 5.41) is 0.442. The molecular formula is C17H20ClFN2O. The van der Waals surface area contributed by atoms with Gasteiger partial charge in [0.05, 0.1) is 6.54 Å². The molecule has 0 radical (unpaired) electrons. The minimum Gasteiger partial charge on any atom is -0.448 e. The molecule has 2 heterocycles. The van der Waals surface area contributed by atoms with E-state index in [4.69, 9.17) is 16.0 Å². The zero-order chi connectivity index (χ0) is 15.4. The van der Waals surface area contributed by atoms with Crippen LogP contribution in [0.5, 0.6) is 0 Å². The first-order chi connectivity index (χ1) is 10.7. The summed E-state index contributed by atoms with van der Waals surface area (Å²) in [6, 6.07) is 10.6. The first-order valence-corrected chi connectivity index (χ1v) is 8.00. The summed E-state index contributed by atoms with van der Waals surface area (Å²) in [5.74, 6) is 0.743. The number of furan rings is 1. The van der Waals surface area contributed by atoms with Gasteiger partial charge in [-0.2, -0.15) is 0 Å². The average molecular weight is 323 g/mol. The van der Waals surface area contributed by atoms with Crippen molar-refractivity contribution in [2.75, 3.05) is 26.2 Å². The summed E-state index contributed by atoms with van der Waals surface area (Å²) in [4.78, 5) is 4.75. The molecular weight excluding hydrogens is 303 g/mol. The first-order valence-electron chi connectivity index (χ1n) is 7.62. The van der Waals surface area contributed by atoms with Crippen LogP contribution in [0.15, 0.2) is 40.8 Å². The van der Waals surface area contributed by atoms with Gasteiger partial charge in [0.2, 0.25) is 0 Å². The number of hydrogen-bond donors (Lipinski definition) is 0. The van der Waals surface area contributed by atoms with E-state index in [1.807, 2.05) is 12.1 Å². The monoisotopic (exact) mass is 322 g/mol. The third-order valence-corrected chi connectivity index (χ3v) is 4.19. The number of nitrogens with zero attached hydrogens (tertiary/aromatic N) is 2. The Hall–Kier alpha value is -1.36. The van der Waals surface area contributed by atoms with Gasteiger partial charge in [-0.1, -0.05) is 12.1 Å². The second kappa shape index (κ2) is 7.27. The van der Waals surface area contributed by atoms with Crippen LogP contribution in [0.4, 0.5) is 4.39 Å². The number of rotatable bonds is 4. The first kappa shape index (κ1) is 15.5. The van der Waals surface area contributed by atoms with E-state index in [0.717, 1.165) is 57.0 Å². The average Bonchev–Trinajstić information content (AvgIpc) is 2.76. The Morgan fingerprint density at radius 1 is 1.00 bits per heavy atom. The van der Waals surface area contributed by atoms with Crippen molar-refractivity contribution < 1.29 is 8.81 Å². The molecule has 0 atom stereocenters. The van der Waals surface area contributed by atoms with Gasteiger partial charge in [-0.3, -0.25) is 9.80 Å². The van der Waals surface area contributed by atoms with Crippen LogP contribution in [0.1, 0.15) is 17.7 Å². The molecule has 0 N–H and O–H groups in total. The molecule has 0 saturated carbocycles. The molecule has 1 aromatic heterocycles. The molecule has 2 aromatic rings. The number of benzene rings is 1. The normalized spacial score (nSPS) is 17.5. The Morgan fingerprint density at radius 2 is 1.77 bits per heavy atom. The van der Waals surface area contributed by atoms with E-state index in [1.165, 1.54) is 6.07 Å². The Kier molecular flexibility index (Phi) is 5.13. The smallest absolute Gasteiger partial charge is 0.193 e. The molecule has 1 fully saturated rings. The highest BCUT2D eigenvalue weighted by molar-refractivity contribution is 6.28. The van der Waals surface area contributed by atoms with Gasteiger partial charge in [-0.15, -0.1) is 0 Å². The number of hydrogen-bond acceptors (Lipinski definition) is 3. The predicted octanol–water partition coefficient (Wildman–Crippen LogP) is 3.78. The van der Waals surface area contributed by atoms with Crippen molar-refractivity contribution in [3.8, 4) is 0 Å². The Balaban J connectivity index is 1.53. The second-order valence-corrected chi connectivity index (χ2v) is 6.11. The van der Waals surface area contributed by atoms with Crippen molar-refractivity contribution in [1.82, 2.24) is 9.80 Å². The van der Waals surface area contributed by atoms with Crippen molar-refractivity contribution in [1.29, 1.82) is 0 Å². The highest BCUT2D eigenvalue weighted by atomic mass is 35.5. The highest BCUT2D eigenvalue weighted by Gasteiger charge is 2.16. The molecule has 0 bridgehead atoms. The van der Waals surface area contributed by atoms with E-state index in [0.29, 0.717) is 5.22 Å². The molecule has 1 aliphatic heterocycles. The van der Waals surface area contributed by atoms with Gasteiger partial charge in [-0.25, -0.2) is 4.39 Å². The maximum atomic E-state index is 13.3. The second-order valence-electron chi connectivity index (χ2n) is 5.74. The predicted molar refractivity (Wildman–Crippen MR) is 85.3 cm³/mol. The molecule has 1 saturated heterocycles. The van der Waals surface area contributed by atoms with Crippen LogP contribution in [-0.2, 0) is 13.1 Å². The van der Waals surface area contributed by atoms with Gasteiger partial charge in [0.15, 0.2) is 5.22 Å². The molecule has 0 amide bonds. The van der Waals surface area contributed by atoms with E-state index in [2.05, 4.69) is 9.80 Å². The minimum atomic E-state index is -0.163. The van der Waals surface area contributed by atoms with Gasteiger partial charge in [-0.05, 0) is 60.9 Å². The molecule has 5 heteroatoms. The third-order valence-electron chi connectivity index (χ3n) is 3.98. The van der Waals surface area contributed by atoms with Crippen LogP contribution in [0, 0.1) is 5.82 Å². The summed E-state index contributed by atoms with van der Waals surface area (Å²) in [6.45, 7) is 5.63. The minimum absolute atomic E-state index is 0.163. The van der Waals surface area contributed by atoms with Crippen LogP contribution in [0.2, 0.25) is 5.22 Å². The van der Waals surface area contributed by atoms with Crippen LogP contribution in [-0.4, -0.2) is 36.0 Å². The molecule has 0 aliphatic carbocycles. The van der Waals surface area contributed by atoms with Crippen LogP contribution < -0.4 is 0 Å². The van der Waals surface area contributed by atoms with Crippen molar-refractivity contribution in [3.63, 3.8) is 0 Å². The van der Waals surface area contributed by atoms with Crippen LogP contribution in [0.25, 0.3) is 0 Å². The standard InChI is InChI=1S/C17H20ClFN2O/c18-17-6-5-16(22-17)13-21-8-2-7-20(9-10-21)12-14-3-1-4-15(19)11-14/h1,3-6,11H,2,7-10,12-13H2. The molecule has 22 heavy (non-hydrogen) atoms. The molecule has 3 nitrogen and oxygen atoms in total. The van der Waals surface area contributed by atoms with Gasteiger partial charge in [0, 0.05) is 19.6 Å². The van der Waals surface area contributed by atoms with E-state index >= 15 is 0 Å². The highest BCUT2D eigenvalue weighted by Crippen LogP contribution is 2.16. The maximum Gasteiger partial charge on any atom is 0.193 e. The Labute approximate surface area is 135 Å². The van der Waals surface area contributed by atoms with Crippen LogP contribution >= 0.6 is 11.6 Å². The van der Waals surface area contributed by atoms with Crippen LogP contribution in [0.3, 0.4) is 0 Å². The summed E-state index contributed by atoms with van der Waals surface area (Å²) in [6.07, 6.45) is 1.10. The Morgan fingerprint density at radius 3 is 2.45 bits per heavy atom. The summed E-state index contributed by atoms with van der Waals surface area (Å²) < 4.78 is 18.7. The van der Waals surface area contributed by atoms with Gasteiger partial charge < -0.3 is 4.42 Å². The molecule has 1 aliphatic rings. The fourth-order valence-corrected chi connectivity index (χ4v) is 3.05. The van der Waals surface area contributed by atoms with Crippen molar-refractivity contribution in [2.45, 2.75) is 19.5 Å². The van der Waals surface area contributed by atoms with Gasteiger partial charge in [0.1, 0.15) is 11.6 Å². The quantitative estimate of drug-likeness (QED) is 0.854. The fourth-order valence-electron chi connectivity index (χ4n) is 2.89. The third kappa shape index (κ3) is 4.32. The van der Waals surface area contributed by atoms with E-state index in [9.17, 15) is 4.39 Å². The van der Waals surface area contributed by atoms with Gasteiger partial charge in [0.25, 0.3) is 0 Å². The van der Waals surface area contributed by atoms with E-state index in [-0.39, 0.29) is 5.82 Å². The maximum absolute atomic E-state index is 13.3. The zero-order valence-electron chi connectivity index (χ0n) is 12.5. The lowest BCUT2D eigenvalue weighted by atomic mass is 10.2. The summed E-state index contributed by atoms with van der Waals surface area (Å²) in [7, 11) is 0. The molecule has 3 rings (SSSR count). The molecule has 0 spiro atoms. The zero-order valence-corrected chi connectivity index (χ0v) is 13.2. The van der Waals surface area contributed by atoms with Crippen molar-refractivity contribution >= 4 is 11.6 Å². The Bertz CT molecular complexity index is 616. The summed E-state index contributed by atoms with van der Waals surface area (Å²) in [5.41, 5.74) is 1.03. The lowest BCUT2D eigenvalue weighted by Crippen LogP contribution is -2.30. The lowest BCUT2D eigenvalue weighted by Gasteiger charge is -2.21. The van der Waals surface area contributed by atoms with Crippen molar-refractivity contribution in [3.05, 3.63) is 58.8 Å². The van der Waals surface area contributed by atoms with Crippen molar-refractivity contribution in [2.24, 2.45) is 0 Å². The fraction of sp³-hybridized carbons (Fsp3) is 0.412. The van der Waals surface area contributed by atoms with E-state index in [1.54, 1.807) is 18.2 Å². The largest absolute Gasteiger partial charge is 0.448 e. The van der Waals surface area contributed by atoms with Gasteiger partial charge >= 0.3 is 0 Å². The molecule has 1 aromatic carbocycles. The number of halogens is 2. The lowest BCUT2D eigenvalue weighted by molar-refractivity contribution is 0.234. The SMILES string of the molecule is Fc1cccc(CN2CCCN(Cc3ccc(Cl)o3)CC2)c1.